The molecule has 9 rings (SSSR count). The predicted octanol–water partition coefficient (Wildman–Crippen LogP) is 10.8. The number of ether oxygens (including phenoxy) is 1. The lowest BCUT2D eigenvalue weighted by Crippen LogP contribution is -2.71. The molecule has 11 atom stereocenters. The Kier molecular flexibility index (Phi) is 10.9. The second kappa shape index (κ2) is 15.2. The molecule has 2 saturated heterocycles. The van der Waals surface area contributed by atoms with E-state index in [1.165, 1.54) is 0 Å². The van der Waals surface area contributed by atoms with E-state index in [9.17, 15) is 28.3 Å². The molecule has 8 aliphatic rings. The van der Waals surface area contributed by atoms with E-state index in [0.717, 1.165) is 74.5 Å². The maximum absolute atomic E-state index is 15.4. The number of halogens is 2. The minimum Gasteiger partial charge on any atom is -0.481 e. The molecule has 1 amide bonds. The second-order valence-electron chi connectivity index (χ2n) is 24.7. The van der Waals surface area contributed by atoms with Crippen molar-refractivity contribution >= 4 is 23.6 Å². The van der Waals surface area contributed by atoms with Crippen LogP contribution in [0.1, 0.15) is 151 Å². The fourth-order valence-electron chi connectivity index (χ4n) is 17.9. The van der Waals surface area contributed by atoms with Gasteiger partial charge in [0.25, 0.3) is 5.92 Å². The third kappa shape index (κ3) is 6.30. The molecule has 1 N–H and O–H groups in total. The lowest BCUT2D eigenvalue weighted by Gasteiger charge is -2.74. The molecule has 352 valence electrons. The number of Topliss-reactive ketones (excluding diaryl/α,β-unsaturated/α-hetero) is 1. The number of ketones is 1. The highest BCUT2D eigenvalue weighted by Crippen LogP contribution is 2.79. The zero-order valence-corrected chi connectivity index (χ0v) is 40.3. The molecule has 0 bridgehead atoms. The summed E-state index contributed by atoms with van der Waals surface area (Å²) in [5.41, 5.74) is -0.344. The molecule has 7 fully saturated rings. The Hall–Kier alpha value is -3.14. The molecule has 8 nitrogen and oxygen atoms in total. The van der Waals surface area contributed by atoms with Crippen molar-refractivity contribution in [1.29, 1.82) is 0 Å². The number of benzene rings is 1. The SMILES string of the molecule is CC(C)C1=C2[C@H]3CC[C@@H]4[C@]5(C)CC[C@H]([C@@]6(C(=O)O)C[C@@H](C(=O)OCc7ccccc7)C6(C)C)C(C)(C)[C@H]5CC[C@@]4(C)[C@]3(C)CC[C@@]2(C(=O)N2CCCC2CN2CCC(F)(F)C2)CC1=O. The summed E-state index contributed by atoms with van der Waals surface area (Å²) in [7, 11) is 0. The van der Waals surface area contributed by atoms with E-state index in [-0.39, 0.29) is 89.1 Å². The molecule has 0 radical (unpaired) electrons. The van der Waals surface area contributed by atoms with Crippen molar-refractivity contribution < 1.29 is 37.8 Å². The minimum absolute atomic E-state index is 0.00165. The van der Waals surface area contributed by atoms with E-state index in [1.807, 2.05) is 54.0 Å². The zero-order valence-electron chi connectivity index (χ0n) is 40.3. The van der Waals surface area contributed by atoms with Crippen molar-refractivity contribution in [3.8, 4) is 0 Å². The van der Waals surface area contributed by atoms with Crippen LogP contribution in [0, 0.1) is 73.4 Å². The van der Waals surface area contributed by atoms with Gasteiger partial charge in [0.05, 0.1) is 23.3 Å². The van der Waals surface area contributed by atoms with Gasteiger partial charge in [-0.3, -0.25) is 24.1 Å². The molecule has 5 saturated carbocycles. The second-order valence-corrected chi connectivity index (χ2v) is 24.7. The summed E-state index contributed by atoms with van der Waals surface area (Å²) in [6.45, 7) is 21.8. The number of rotatable bonds is 9. The molecule has 2 heterocycles. The predicted molar refractivity (Wildman–Crippen MR) is 242 cm³/mol. The molecule has 2 aliphatic heterocycles. The summed E-state index contributed by atoms with van der Waals surface area (Å²) in [5, 5.41) is 11.3. The van der Waals surface area contributed by atoms with E-state index >= 15 is 4.79 Å². The molecule has 0 spiro atoms. The first-order valence-corrected chi connectivity index (χ1v) is 25.0. The van der Waals surface area contributed by atoms with Crippen LogP contribution in [0.4, 0.5) is 8.78 Å². The number of carboxylic acids is 1. The Bertz CT molecular complexity index is 2120. The largest absolute Gasteiger partial charge is 0.481 e. The summed E-state index contributed by atoms with van der Waals surface area (Å²) in [6.07, 6.45) is 9.17. The molecule has 1 unspecified atom stereocenters. The molecule has 64 heavy (non-hydrogen) atoms. The number of aliphatic carboxylic acids is 1. The first-order valence-electron chi connectivity index (χ1n) is 25.0. The molecule has 1 aromatic carbocycles. The maximum atomic E-state index is 15.4. The number of amides is 1. The average Bonchev–Trinajstić information content (AvgIpc) is 3.92. The third-order valence-corrected chi connectivity index (χ3v) is 21.3. The number of hydrogen-bond acceptors (Lipinski definition) is 6. The summed E-state index contributed by atoms with van der Waals surface area (Å²) in [5.74, 6) is -3.41. The number of alkyl halides is 2. The van der Waals surface area contributed by atoms with E-state index in [4.69, 9.17) is 4.74 Å². The average molecular weight is 887 g/mol. The molecule has 6 aliphatic carbocycles. The van der Waals surface area contributed by atoms with Gasteiger partial charge >= 0.3 is 11.9 Å². The van der Waals surface area contributed by atoms with E-state index in [0.29, 0.717) is 44.3 Å². The van der Waals surface area contributed by atoms with Gasteiger partial charge in [-0.15, -0.1) is 0 Å². The van der Waals surface area contributed by atoms with Crippen molar-refractivity contribution in [3.63, 3.8) is 0 Å². The summed E-state index contributed by atoms with van der Waals surface area (Å²) >= 11 is 0. The first kappa shape index (κ1) is 46.0. The van der Waals surface area contributed by atoms with Gasteiger partial charge in [0.15, 0.2) is 5.78 Å². The lowest BCUT2D eigenvalue weighted by atomic mass is 9.29. The molecule has 1 aromatic rings. The van der Waals surface area contributed by atoms with Crippen molar-refractivity contribution in [2.75, 3.05) is 26.2 Å². The molecular weight excluding hydrogens is 811 g/mol. The van der Waals surface area contributed by atoms with E-state index in [1.54, 1.807) is 0 Å². The number of carbonyl (C=O) groups is 4. The number of carboxylic acid groups (broad SMARTS) is 1. The van der Waals surface area contributed by atoms with Gasteiger partial charge in [0.2, 0.25) is 5.91 Å². The maximum Gasteiger partial charge on any atom is 0.310 e. The van der Waals surface area contributed by atoms with Crippen LogP contribution < -0.4 is 0 Å². The van der Waals surface area contributed by atoms with Crippen LogP contribution in [0.15, 0.2) is 41.5 Å². The van der Waals surface area contributed by atoms with Crippen LogP contribution in [0.3, 0.4) is 0 Å². The van der Waals surface area contributed by atoms with Gasteiger partial charge in [-0.25, -0.2) is 8.78 Å². The number of likely N-dealkylation sites (tertiary alicyclic amines) is 2. The van der Waals surface area contributed by atoms with Gasteiger partial charge in [0.1, 0.15) is 6.61 Å². The van der Waals surface area contributed by atoms with Crippen LogP contribution in [0.2, 0.25) is 0 Å². The Labute approximate surface area is 381 Å². The number of carbonyl (C=O) groups excluding carboxylic acids is 3. The summed E-state index contributed by atoms with van der Waals surface area (Å²) in [6, 6.07) is 9.51. The smallest absolute Gasteiger partial charge is 0.310 e. The van der Waals surface area contributed by atoms with Gasteiger partial charge in [-0.1, -0.05) is 92.6 Å². The number of esters is 1. The molecular formula is C54H76F2N2O6. The zero-order chi connectivity index (χ0) is 46.2. The van der Waals surface area contributed by atoms with E-state index < -0.39 is 34.1 Å². The fourth-order valence-corrected chi connectivity index (χ4v) is 17.9. The Balaban J connectivity index is 0.983. The minimum atomic E-state index is -2.68. The topological polar surface area (TPSA) is 104 Å². The number of fused-ring (bicyclic) bond motifs is 7. The van der Waals surface area contributed by atoms with Gasteiger partial charge in [0, 0.05) is 38.5 Å². The van der Waals surface area contributed by atoms with Crippen molar-refractivity contribution in [2.24, 2.45) is 73.4 Å². The highest BCUT2D eigenvalue weighted by molar-refractivity contribution is 6.07. The molecule has 10 heteroatoms. The van der Waals surface area contributed by atoms with Crippen LogP contribution in [0.5, 0.6) is 0 Å². The van der Waals surface area contributed by atoms with Crippen molar-refractivity contribution in [3.05, 3.63) is 47.0 Å². The highest BCUT2D eigenvalue weighted by Gasteiger charge is 2.76. The Morgan fingerprint density at radius 3 is 2.17 bits per heavy atom. The normalized spacial score (nSPS) is 42.1. The summed E-state index contributed by atoms with van der Waals surface area (Å²) < 4.78 is 34.4. The van der Waals surface area contributed by atoms with Gasteiger partial charge in [-0.05, 0) is 144 Å². The quantitative estimate of drug-likeness (QED) is 0.246. The van der Waals surface area contributed by atoms with Gasteiger partial charge < -0.3 is 14.7 Å². The van der Waals surface area contributed by atoms with Gasteiger partial charge in [-0.2, -0.15) is 0 Å². The first-order chi connectivity index (χ1) is 29.9. The third-order valence-electron chi connectivity index (χ3n) is 21.3. The molecule has 0 aromatic heterocycles. The van der Waals surface area contributed by atoms with Crippen molar-refractivity contribution in [1.82, 2.24) is 9.80 Å². The van der Waals surface area contributed by atoms with E-state index in [2.05, 4.69) is 48.5 Å². The fraction of sp³-hybridized carbons (Fsp3) is 0.778. The highest BCUT2D eigenvalue weighted by atomic mass is 19.3. The summed E-state index contributed by atoms with van der Waals surface area (Å²) in [4.78, 5) is 61.1. The number of nitrogens with zero attached hydrogens (tertiary/aromatic N) is 2. The van der Waals surface area contributed by atoms with Crippen LogP contribution >= 0.6 is 0 Å². The Morgan fingerprint density at radius 2 is 1.53 bits per heavy atom. The van der Waals surface area contributed by atoms with Crippen LogP contribution in [-0.4, -0.2) is 76.7 Å². The lowest BCUT2D eigenvalue weighted by molar-refractivity contribution is -0.261. The van der Waals surface area contributed by atoms with Crippen LogP contribution in [0.25, 0.3) is 0 Å². The Morgan fingerprint density at radius 1 is 0.828 bits per heavy atom. The standard InChI is InChI=1S/C54H76F2N2O6/c1-33(2)42-38(59)29-52(45(61)58-26-13-16-35(58)30-57-27-25-53(55,56)32-57)24-23-50(8)36(43(42)52)17-18-41-49(7)21-19-40(47(3,4)39(49)20-22-51(41,50)9)54(46(62)63)28-37(48(54,5)6)44(60)64-31-34-14-11-10-12-15-34/h10-12,14-15,33,35-37,39-41H,13,16-32H2,1-9H3,(H,62,63)/t35?,36-,37+,39-,40+,41-,49-,50-,51-,52-,54-/m1/s1. The van der Waals surface area contributed by atoms with Crippen molar-refractivity contribution in [2.45, 2.75) is 164 Å². The number of allylic oxidation sites excluding steroid dienone is 1. The van der Waals surface area contributed by atoms with Crippen LogP contribution in [-0.2, 0) is 30.5 Å². The number of hydrogen-bond donors (Lipinski definition) is 1. The monoisotopic (exact) mass is 887 g/mol.